The highest BCUT2D eigenvalue weighted by molar-refractivity contribution is 7.99. The fraction of sp³-hybridized carbons (Fsp3) is 0.261. The van der Waals surface area contributed by atoms with E-state index in [9.17, 15) is 9.59 Å². The first kappa shape index (κ1) is 21.0. The molecule has 0 N–H and O–H groups in total. The summed E-state index contributed by atoms with van der Waals surface area (Å²) < 4.78 is 7.29. The Morgan fingerprint density at radius 3 is 2.42 bits per heavy atom. The average Bonchev–Trinajstić information content (AvgIpc) is 3.36. The minimum Gasteiger partial charge on any atom is -0.329 e. The van der Waals surface area contributed by atoms with Gasteiger partial charge in [-0.05, 0) is 39.0 Å². The van der Waals surface area contributed by atoms with Crippen LogP contribution in [0.3, 0.4) is 0 Å². The van der Waals surface area contributed by atoms with E-state index in [0.29, 0.717) is 11.3 Å². The molecule has 4 rings (SSSR count). The van der Waals surface area contributed by atoms with Gasteiger partial charge in [-0.15, -0.1) is 0 Å². The normalized spacial score (nSPS) is 11.3. The smallest absolute Gasteiger partial charge is 0.295 e. The number of carbonyl (C=O) groups excluding carboxylic acids is 1. The monoisotopic (exact) mass is 435 g/mol. The van der Waals surface area contributed by atoms with Crippen molar-refractivity contribution in [2.24, 2.45) is 14.1 Å². The van der Waals surface area contributed by atoms with Crippen LogP contribution in [0.4, 0.5) is 0 Å². The zero-order valence-electron chi connectivity index (χ0n) is 18.3. The number of hydrogen-bond donors (Lipinski definition) is 0. The molecule has 0 aliphatic rings. The Kier molecular flexibility index (Phi) is 5.49. The minimum atomic E-state index is -0.116. The molecular formula is C23H25N5O2S. The van der Waals surface area contributed by atoms with Crippen LogP contribution in [0.2, 0.25) is 0 Å². The third kappa shape index (κ3) is 3.57. The number of imidazole rings is 1. The second-order valence-electron chi connectivity index (χ2n) is 7.56. The van der Waals surface area contributed by atoms with Gasteiger partial charge in [0.1, 0.15) is 5.69 Å². The van der Waals surface area contributed by atoms with Gasteiger partial charge in [0.05, 0.1) is 17.1 Å². The molecule has 0 atom stereocenters. The van der Waals surface area contributed by atoms with Crippen molar-refractivity contribution in [1.29, 1.82) is 0 Å². The van der Waals surface area contributed by atoms with Gasteiger partial charge in [0, 0.05) is 43.4 Å². The van der Waals surface area contributed by atoms with Gasteiger partial charge in [-0.1, -0.05) is 30.0 Å². The predicted octanol–water partition coefficient (Wildman–Crippen LogP) is 3.60. The number of hydrogen-bond acceptors (Lipinski definition) is 4. The molecule has 0 aliphatic heterocycles. The highest BCUT2D eigenvalue weighted by atomic mass is 32.2. The van der Waals surface area contributed by atoms with Crippen molar-refractivity contribution >= 4 is 17.5 Å². The summed E-state index contributed by atoms with van der Waals surface area (Å²) in [6, 6.07) is 11.4. The molecule has 31 heavy (non-hydrogen) atoms. The highest BCUT2D eigenvalue weighted by Crippen LogP contribution is 2.24. The van der Waals surface area contributed by atoms with Gasteiger partial charge in [0.2, 0.25) is 0 Å². The van der Waals surface area contributed by atoms with Crippen LogP contribution in [0, 0.1) is 20.8 Å². The molecule has 3 heterocycles. The van der Waals surface area contributed by atoms with Gasteiger partial charge < -0.3 is 9.13 Å². The van der Waals surface area contributed by atoms with Gasteiger partial charge >= 0.3 is 0 Å². The SMILES string of the molecule is Cc1cc(C(=O)CSc2nccn2C)c(C)n1-c1c(C)n(C)n(-c2ccccc2)c1=O. The number of Topliss-reactive ketones (excluding diaryl/α,β-unsaturated/α-hetero) is 1. The maximum absolute atomic E-state index is 13.4. The third-order valence-corrected chi connectivity index (χ3v) is 6.65. The molecule has 3 aromatic heterocycles. The summed E-state index contributed by atoms with van der Waals surface area (Å²) in [6.45, 7) is 5.74. The number of aromatic nitrogens is 5. The van der Waals surface area contributed by atoms with Crippen molar-refractivity contribution < 1.29 is 4.79 Å². The standard InChI is InChI=1S/C23H25N5O2S/c1-15-13-19(20(29)14-31-23-24-11-12-25(23)4)16(2)27(15)21-17(3)26(5)28(22(21)30)18-9-7-6-8-10-18/h6-13H,14H2,1-5H3. The predicted molar refractivity (Wildman–Crippen MR) is 123 cm³/mol. The van der Waals surface area contributed by atoms with Crippen molar-refractivity contribution in [2.45, 2.75) is 25.9 Å². The van der Waals surface area contributed by atoms with Crippen LogP contribution in [0.25, 0.3) is 11.4 Å². The van der Waals surface area contributed by atoms with Gasteiger partial charge in [-0.25, -0.2) is 9.67 Å². The molecule has 0 aliphatic carbocycles. The molecule has 0 fully saturated rings. The van der Waals surface area contributed by atoms with E-state index in [1.54, 1.807) is 10.9 Å². The maximum Gasteiger partial charge on any atom is 0.295 e. The van der Waals surface area contributed by atoms with E-state index in [4.69, 9.17) is 0 Å². The van der Waals surface area contributed by atoms with Gasteiger partial charge in [0.25, 0.3) is 5.56 Å². The molecular weight excluding hydrogens is 410 g/mol. The lowest BCUT2D eigenvalue weighted by Gasteiger charge is -2.08. The van der Waals surface area contributed by atoms with Gasteiger partial charge in [0.15, 0.2) is 10.9 Å². The number of ketones is 1. The second kappa shape index (κ2) is 8.11. The lowest BCUT2D eigenvalue weighted by Crippen LogP contribution is -2.22. The van der Waals surface area contributed by atoms with E-state index in [1.807, 2.05) is 91.3 Å². The molecule has 0 bridgehead atoms. The van der Waals surface area contributed by atoms with E-state index in [2.05, 4.69) is 4.98 Å². The first-order valence-electron chi connectivity index (χ1n) is 9.98. The molecule has 0 unspecified atom stereocenters. The van der Waals surface area contributed by atoms with E-state index in [-0.39, 0.29) is 17.1 Å². The van der Waals surface area contributed by atoms with Crippen molar-refractivity contribution in [3.8, 4) is 11.4 Å². The zero-order chi connectivity index (χ0) is 22.3. The van der Waals surface area contributed by atoms with Crippen molar-refractivity contribution in [3.63, 3.8) is 0 Å². The zero-order valence-corrected chi connectivity index (χ0v) is 19.1. The Labute approximate surface area is 184 Å². The van der Waals surface area contributed by atoms with Crippen LogP contribution in [-0.4, -0.2) is 35.0 Å². The first-order valence-corrected chi connectivity index (χ1v) is 11.0. The summed E-state index contributed by atoms with van der Waals surface area (Å²) >= 11 is 1.41. The Bertz CT molecular complexity index is 1320. The number of rotatable bonds is 6. The minimum absolute atomic E-state index is 0.0179. The lowest BCUT2D eigenvalue weighted by atomic mass is 10.2. The van der Waals surface area contributed by atoms with Crippen LogP contribution in [-0.2, 0) is 14.1 Å². The van der Waals surface area contributed by atoms with E-state index < -0.39 is 0 Å². The number of thioether (sulfide) groups is 1. The maximum atomic E-state index is 13.4. The molecule has 0 saturated carbocycles. The molecule has 0 spiro atoms. The number of carbonyl (C=O) groups is 1. The molecule has 1 aromatic carbocycles. The molecule has 160 valence electrons. The van der Waals surface area contributed by atoms with Crippen molar-refractivity contribution in [3.05, 3.63) is 81.8 Å². The summed E-state index contributed by atoms with van der Waals surface area (Å²) in [5.41, 5.74) is 4.34. The Morgan fingerprint density at radius 2 is 1.77 bits per heavy atom. The van der Waals surface area contributed by atoms with Crippen LogP contribution in [0.15, 0.2) is 58.7 Å². The summed E-state index contributed by atoms with van der Waals surface area (Å²) in [5, 5.41) is 0.798. The van der Waals surface area contributed by atoms with E-state index >= 15 is 0 Å². The van der Waals surface area contributed by atoms with Gasteiger partial charge in [-0.3, -0.25) is 14.3 Å². The number of aryl methyl sites for hydroxylation is 2. The van der Waals surface area contributed by atoms with Crippen LogP contribution >= 0.6 is 11.8 Å². The number of benzene rings is 1. The average molecular weight is 436 g/mol. The summed E-state index contributed by atoms with van der Waals surface area (Å²) in [6.07, 6.45) is 3.57. The highest BCUT2D eigenvalue weighted by Gasteiger charge is 2.23. The fourth-order valence-corrected chi connectivity index (χ4v) is 4.72. The summed E-state index contributed by atoms with van der Waals surface area (Å²) in [7, 11) is 3.78. The fourth-order valence-electron chi connectivity index (χ4n) is 3.90. The number of nitrogens with zero attached hydrogens (tertiary/aromatic N) is 5. The molecule has 0 saturated heterocycles. The molecule has 8 heteroatoms. The lowest BCUT2D eigenvalue weighted by molar-refractivity contribution is 0.102. The Balaban J connectivity index is 1.74. The Hall–Kier alpha value is -3.26. The van der Waals surface area contributed by atoms with Gasteiger partial charge in [-0.2, -0.15) is 0 Å². The van der Waals surface area contributed by atoms with Crippen LogP contribution < -0.4 is 5.56 Å². The quantitative estimate of drug-likeness (QED) is 0.343. The summed E-state index contributed by atoms with van der Waals surface area (Å²) in [5.74, 6) is 0.307. The first-order chi connectivity index (χ1) is 14.8. The van der Waals surface area contributed by atoms with E-state index in [0.717, 1.165) is 27.9 Å². The summed E-state index contributed by atoms with van der Waals surface area (Å²) in [4.78, 5) is 30.7. The molecule has 0 radical (unpaired) electrons. The molecule has 4 aromatic rings. The van der Waals surface area contributed by atoms with Crippen LogP contribution in [0.1, 0.15) is 27.4 Å². The molecule has 7 nitrogen and oxygen atoms in total. The van der Waals surface area contributed by atoms with Crippen LogP contribution in [0.5, 0.6) is 0 Å². The molecule has 0 amide bonds. The Morgan fingerprint density at radius 1 is 1.06 bits per heavy atom. The van der Waals surface area contributed by atoms with Crippen molar-refractivity contribution in [1.82, 2.24) is 23.5 Å². The number of para-hydroxylation sites is 1. The van der Waals surface area contributed by atoms with E-state index in [1.165, 1.54) is 11.8 Å². The second-order valence-corrected chi connectivity index (χ2v) is 8.51. The third-order valence-electron chi connectivity index (χ3n) is 5.59. The topological polar surface area (TPSA) is 66.8 Å². The largest absolute Gasteiger partial charge is 0.329 e. The van der Waals surface area contributed by atoms with Crippen molar-refractivity contribution in [2.75, 3.05) is 5.75 Å².